The first-order valence-corrected chi connectivity index (χ1v) is 7.91. The molecule has 1 N–H and O–H groups in total. The van der Waals surface area contributed by atoms with Gasteiger partial charge in [-0.25, -0.2) is 0 Å². The Bertz CT molecular complexity index is 543. The fourth-order valence-corrected chi connectivity index (χ4v) is 2.73. The molecule has 0 radical (unpaired) electrons. The summed E-state index contributed by atoms with van der Waals surface area (Å²) in [6, 6.07) is 3.96. The molecule has 22 heavy (non-hydrogen) atoms. The molecule has 1 fully saturated rings. The van der Waals surface area contributed by atoms with Crippen LogP contribution >= 0.6 is 22.6 Å². The number of alkyl halides is 3. The van der Waals surface area contributed by atoms with Gasteiger partial charge in [-0.2, -0.15) is 13.2 Å². The molecular formula is C14H17F3IN3O. The number of carbonyl (C=O) groups excluding carboxylic acids is 1. The minimum absolute atomic E-state index is 0.161. The second kappa shape index (κ2) is 7.14. The fraction of sp³-hybridized carbons (Fsp3) is 0.500. The molecule has 1 heterocycles. The van der Waals surface area contributed by atoms with Crippen LogP contribution in [0.5, 0.6) is 0 Å². The van der Waals surface area contributed by atoms with Crippen molar-refractivity contribution in [3.05, 3.63) is 29.3 Å². The Labute approximate surface area is 140 Å². The molecule has 1 aromatic rings. The third kappa shape index (κ3) is 4.82. The van der Waals surface area contributed by atoms with E-state index in [-0.39, 0.29) is 17.8 Å². The van der Waals surface area contributed by atoms with Gasteiger partial charge in [0.25, 0.3) is 3.91 Å². The van der Waals surface area contributed by atoms with Crippen LogP contribution in [0.1, 0.15) is 11.1 Å². The van der Waals surface area contributed by atoms with Crippen molar-refractivity contribution < 1.29 is 18.0 Å². The van der Waals surface area contributed by atoms with Crippen molar-refractivity contribution in [1.29, 1.82) is 0 Å². The van der Waals surface area contributed by atoms with Gasteiger partial charge in [-0.3, -0.25) is 9.69 Å². The van der Waals surface area contributed by atoms with E-state index in [1.807, 2.05) is 11.9 Å². The van der Waals surface area contributed by atoms with Crippen LogP contribution in [0.15, 0.2) is 18.2 Å². The zero-order valence-corrected chi connectivity index (χ0v) is 14.2. The van der Waals surface area contributed by atoms with Gasteiger partial charge < -0.3 is 10.2 Å². The Kier molecular flexibility index (Phi) is 5.67. The van der Waals surface area contributed by atoms with Crippen molar-refractivity contribution in [2.75, 3.05) is 38.5 Å². The third-order valence-corrected chi connectivity index (χ3v) is 3.92. The van der Waals surface area contributed by atoms with Crippen LogP contribution in [-0.4, -0.2) is 46.9 Å². The molecule has 1 aliphatic rings. The molecule has 1 aliphatic heterocycles. The minimum atomic E-state index is -4.44. The van der Waals surface area contributed by atoms with Crippen molar-refractivity contribution in [1.82, 2.24) is 9.80 Å². The number of hydrogen-bond acceptors (Lipinski definition) is 3. The molecule has 1 amide bonds. The molecule has 4 nitrogen and oxygen atoms in total. The number of anilines is 1. The van der Waals surface area contributed by atoms with Gasteiger partial charge in [-0.05, 0) is 24.7 Å². The summed E-state index contributed by atoms with van der Waals surface area (Å²) in [5.74, 6) is 0. The molecule has 0 unspecified atom stereocenters. The Morgan fingerprint density at radius 2 is 1.91 bits per heavy atom. The first kappa shape index (κ1) is 17.5. The molecule has 0 bridgehead atoms. The van der Waals surface area contributed by atoms with E-state index in [0.29, 0.717) is 0 Å². The largest absolute Gasteiger partial charge is 0.416 e. The molecule has 122 valence electrons. The second-order valence-electron chi connectivity index (χ2n) is 5.35. The number of nitrogens with zero attached hydrogens (tertiary/aromatic N) is 2. The van der Waals surface area contributed by atoms with Crippen molar-refractivity contribution in [2.24, 2.45) is 0 Å². The van der Waals surface area contributed by atoms with Crippen molar-refractivity contribution in [2.45, 2.75) is 12.7 Å². The van der Waals surface area contributed by atoms with Crippen molar-refractivity contribution in [3.63, 3.8) is 0 Å². The van der Waals surface area contributed by atoms with Crippen molar-refractivity contribution in [3.8, 4) is 0 Å². The van der Waals surface area contributed by atoms with Gasteiger partial charge in [0.15, 0.2) is 0 Å². The maximum atomic E-state index is 13.2. The summed E-state index contributed by atoms with van der Waals surface area (Å²) in [6.45, 7) is 3.47. The Balaban J connectivity index is 2.20. The average molecular weight is 427 g/mol. The number of likely N-dealkylation sites (N-methyl/N-ethyl adjacent to an activating group) is 1. The maximum absolute atomic E-state index is 13.2. The van der Waals surface area contributed by atoms with Crippen LogP contribution in [0.4, 0.5) is 23.7 Å². The van der Waals surface area contributed by atoms with E-state index in [1.165, 1.54) is 34.7 Å². The summed E-state index contributed by atoms with van der Waals surface area (Å²) in [7, 11) is 2.00. The van der Waals surface area contributed by atoms with Gasteiger partial charge in [0, 0.05) is 61.0 Å². The van der Waals surface area contributed by atoms with Gasteiger partial charge >= 0.3 is 6.18 Å². The number of rotatable bonds is 3. The molecule has 0 aromatic heterocycles. The van der Waals surface area contributed by atoms with E-state index >= 15 is 0 Å². The van der Waals surface area contributed by atoms with Gasteiger partial charge in [-0.15, -0.1) is 0 Å². The highest BCUT2D eigenvalue weighted by Gasteiger charge is 2.34. The van der Waals surface area contributed by atoms with E-state index in [2.05, 4.69) is 10.2 Å². The monoisotopic (exact) mass is 427 g/mol. The lowest BCUT2D eigenvalue weighted by Gasteiger charge is -2.33. The molecule has 0 saturated carbocycles. The Hall–Kier alpha value is -0.870. The van der Waals surface area contributed by atoms with E-state index < -0.39 is 15.7 Å². The zero-order valence-electron chi connectivity index (χ0n) is 12.1. The molecular weight excluding hydrogens is 410 g/mol. The summed E-state index contributed by atoms with van der Waals surface area (Å²) in [6.07, 6.45) is -4.44. The van der Waals surface area contributed by atoms with E-state index in [0.717, 1.165) is 32.2 Å². The minimum Gasteiger partial charge on any atom is -0.317 e. The Morgan fingerprint density at radius 1 is 1.27 bits per heavy atom. The first-order chi connectivity index (χ1) is 10.3. The number of piperazine rings is 1. The predicted molar refractivity (Wildman–Crippen MR) is 87.3 cm³/mol. The van der Waals surface area contributed by atoms with E-state index in [4.69, 9.17) is 0 Å². The number of amides is 1. The van der Waals surface area contributed by atoms with Crippen LogP contribution in [-0.2, 0) is 12.7 Å². The summed E-state index contributed by atoms with van der Waals surface area (Å²) < 4.78 is 39.3. The molecule has 1 saturated heterocycles. The first-order valence-electron chi connectivity index (χ1n) is 6.83. The van der Waals surface area contributed by atoms with Crippen LogP contribution in [0.3, 0.4) is 0 Å². The molecule has 2 rings (SSSR count). The van der Waals surface area contributed by atoms with Crippen LogP contribution in [0, 0.1) is 0 Å². The number of benzene rings is 1. The highest BCUT2D eigenvalue weighted by atomic mass is 127. The quantitative estimate of drug-likeness (QED) is 0.457. The fourth-order valence-electron chi connectivity index (χ4n) is 2.42. The second-order valence-corrected chi connectivity index (χ2v) is 6.33. The zero-order chi connectivity index (χ0) is 16.3. The van der Waals surface area contributed by atoms with Crippen LogP contribution < -0.4 is 5.32 Å². The SMILES string of the molecule is CN1CCN(Cc2ccc(NC(=O)I)cc2C(F)(F)F)CC1. The molecule has 0 spiro atoms. The van der Waals surface area contributed by atoms with E-state index in [1.54, 1.807) is 0 Å². The summed E-state index contributed by atoms with van der Waals surface area (Å²) in [4.78, 5) is 15.2. The number of hydrogen-bond donors (Lipinski definition) is 1. The van der Waals surface area contributed by atoms with Gasteiger partial charge in [0.2, 0.25) is 0 Å². The smallest absolute Gasteiger partial charge is 0.317 e. The lowest BCUT2D eigenvalue weighted by Crippen LogP contribution is -2.44. The van der Waals surface area contributed by atoms with E-state index in [9.17, 15) is 18.0 Å². The standard InChI is InChI=1S/C14H17F3IN3O/c1-20-4-6-21(7-5-20)9-10-2-3-11(19-13(18)22)8-12(10)14(15,16)17/h2-3,8H,4-7,9H2,1H3,(H,19,22). The molecule has 0 aliphatic carbocycles. The van der Waals surface area contributed by atoms with Crippen LogP contribution in [0.25, 0.3) is 0 Å². The topological polar surface area (TPSA) is 35.6 Å². The van der Waals surface area contributed by atoms with Crippen LogP contribution in [0.2, 0.25) is 0 Å². The highest BCUT2D eigenvalue weighted by Crippen LogP contribution is 2.34. The lowest BCUT2D eigenvalue weighted by atomic mass is 10.0. The molecule has 1 aromatic carbocycles. The summed E-state index contributed by atoms with van der Waals surface area (Å²) in [5, 5.41) is 2.38. The summed E-state index contributed by atoms with van der Waals surface area (Å²) >= 11 is 1.49. The molecule has 8 heteroatoms. The lowest BCUT2D eigenvalue weighted by molar-refractivity contribution is -0.138. The number of carbonyl (C=O) groups is 1. The third-order valence-electron chi connectivity index (χ3n) is 3.65. The average Bonchev–Trinajstić information content (AvgIpc) is 2.41. The van der Waals surface area contributed by atoms with Crippen molar-refractivity contribution >= 4 is 32.2 Å². The van der Waals surface area contributed by atoms with Gasteiger partial charge in [0.05, 0.1) is 5.56 Å². The number of nitrogens with one attached hydrogen (secondary N) is 1. The molecule has 0 atom stereocenters. The highest BCUT2D eigenvalue weighted by molar-refractivity contribution is 14.1. The van der Waals surface area contributed by atoms with Gasteiger partial charge in [-0.1, -0.05) is 6.07 Å². The predicted octanol–water partition coefficient (Wildman–Crippen LogP) is 3.42. The Morgan fingerprint density at radius 3 is 2.45 bits per heavy atom. The van der Waals surface area contributed by atoms with Gasteiger partial charge in [0.1, 0.15) is 0 Å². The maximum Gasteiger partial charge on any atom is 0.416 e. The number of halogens is 4. The summed E-state index contributed by atoms with van der Waals surface area (Å²) in [5.41, 5.74) is -0.286. The normalized spacial score (nSPS) is 17.5.